The Kier molecular flexibility index (Phi) is 3.69. The number of hydrogen-bond donors (Lipinski definition) is 2. The minimum absolute atomic E-state index is 0.0238. The maximum absolute atomic E-state index is 12.0. The van der Waals surface area contributed by atoms with Crippen molar-refractivity contribution in [2.24, 2.45) is 0 Å². The van der Waals surface area contributed by atoms with E-state index in [1.165, 1.54) is 6.42 Å². The summed E-state index contributed by atoms with van der Waals surface area (Å²) in [5.74, 6) is 0. The molecule has 92 valence electrons. The van der Waals surface area contributed by atoms with Crippen LogP contribution in [0.15, 0.2) is 0 Å². The molecule has 0 radical (unpaired) electrons. The van der Waals surface area contributed by atoms with Gasteiger partial charge in [0.1, 0.15) is 0 Å². The van der Waals surface area contributed by atoms with Gasteiger partial charge in [-0.25, -0.2) is 4.79 Å². The maximum Gasteiger partial charge on any atom is 0.317 e. The summed E-state index contributed by atoms with van der Waals surface area (Å²) in [7, 11) is 0. The van der Waals surface area contributed by atoms with Crippen molar-refractivity contribution in [1.82, 2.24) is 10.2 Å². The first-order valence-electron chi connectivity index (χ1n) is 6.44. The van der Waals surface area contributed by atoms with Gasteiger partial charge in [0.2, 0.25) is 0 Å². The fraction of sp³-hybridized carbons (Fsp3) is 0.917. The van der Waals surface area contributed by atoms with Crippen LogP contribution in [0.2, 0.25) is 0 Å². The van der Waals surface area contributed by atoms with E-state index in [0.717, 1.165) is 51.6 Å². The molecule has 1 saturated carbocycles. The Morgan fingerprint density at radius 3 is 2.31 bits per heavy atom. The summed E-state index contributed by atoms with van der Waals surface area (Å²) in [6, 6.07) is 0.0238. The molecule has 0 aromatic heterocycles. The van der Waals surface area contributed by atoms with Gasteiger partial charge in [-0.05, 0) is 32.1 Å². The van der Waals surface area contributed by atoms with Gasteiger partial charge in [-0.2, -0.15) is 0 Å². The van der Waals surface area contributed by atoms with Gasteiger partial charge in [0.05, 0.1) is 12.1 Å². The van der Waals surface area contributed by atoms with Crippen LogP contribution in [0.3, 0.4) is 0 Å². The van der Waals surface area contributed by atoms with Gasteiger partial charge in [-0.15, -0.1) is 0 Å². The van der Waals surface area contributed by atoms with Crippen molar-refractivity contribution in [3.63, 3.8) is 0 Å². The SMILES string of the molecule is O=C(NC1(CO)CCCC1)N1CCCCC1. The van der Waals surface area contributed by atoms with Crippen molar-refractivity contribution in [2.75, 3.05) is 19.7 Å². The molecule has 2 aliphatic rings. The van der Waals surface area contributed by atoms with Crippen LogP contribution in [0.5, 0.6) is 0 Å². The summed E-state index contributed by atoms with van der Waals surface area (Å²) in [6.07, 6.45) is 7.52. The molecule has 2 N–H and O–H groups in total. The summed E-state index contributed by atoms with van der Waals surface area (Å²) in [5.41, 5.74) is -0.325. The molecule has 0 unspecified atom stereocenters. The van der Waals surface area contributed by atoms with Gasteiger partial charge in [0, 0.05) is 13.1 Å². The van der Waals surface area contributed by atoms with Gasteiger partial charge >= 0.3 is 6.03 Å². The number of nitrogens with one attached hydrogen (secondary N) is 1. The molecule has 16 heavy (non-hydrogen) atoms. The topological polar surface area (TPSA) is 52.6 Å². The molecule has 1 aliphatic heterocycles. The molecule has 0 bridgehead atoms. The quantitative estimate of drug-likeness (QED) is 0.749. The van der Waals surface area contributed by atoms with Crippen molar-refractivity contribution >= 4 is 6.03 Å². The highest BCUT2D eigenvalue weighted by Crippen LogP contribution is 2.29. The number of rotatable bonds is 2. The third-order valence-corrected chi connectivity index (χ3v) is 3.88. The molecule has 1 aliphatic carbocycles. The molecule has 1 heterocycles. The summed E-state index contributed by atoms with van der Waals surface area (Å²) < 4.78 is 0. The molecule has 2 amide bonds. The fourth-order valence-corrected chi connectivity index (χ4v) is 2.78. The molecule has 0 aromatic carbocycles. The number of aliphatic hydroxyl groups is 1. The molecular formula is C12H22N2O2. The van der Waals surface area contributed by atoms with Crippen LogP contribution in [0.1, 0.15) is 44.9 Å². The van der Waals surface area contributed by atoms with E-state index in [0.29, 0.717) is 0 Å². The minimum atomic E-state index is -0.325. The summed E-state index contributed by atoms with van der Waals surface area (Å²) in [4.78, 5) is 13.9. The Labute approximate surface area is 97.0 Å². The molecule has 2 fully saturated rings. The lowest BCUT2D eigenvalue weighted by Crippen LogP contribution is -2.54. The lowest BCUT2D eigenvalue weighted by atomic mass is 9.99. The second-order valence-electron chi connectivity index (χ2n) is 5.12. The highest BCUT2D eigenvalue weighted by molar-refractivity contribution is 5.75. The van der Waals surface area contributed by atoms with Crippen LogP contribution in [0.25, 0.3) is 0 Å². The second-order valence-corrected chi connectivity index (χ2v) is 5.12. The predicted molar refractivity (Wildman–Crippen MR) is 62.2 cm³/mol. The van der Waals surface area contributed by atoms with Crippen LogP contribution >= 0.6 is 0 Å². The van der Waals surface area contributed by atoms with Crippen molar-refractivity contribution in [2.45, 2.75) is 50.5 Å². The molecule has 4 nitrogen and oxygen atoms in total. The maximum atomic E-state index is 12.0. The standard InChI is InChI=1S/C12H22N2O2/c15-10-12(6-2-3-7-12)13-11(16)14-8-4-1-5-9-14/h15H,1-10H2,(H,13,16). The summed E-state index contributed by atoms with van der Waals surface area (Å²) in [6.45, 7) is 1.81. The van der Waals surface area contributed by atoms with Gasteiger partial charge in [-0.3, -0.25) is 0 Å². The monoisotopic (exact) mass is 226 g/mol. The van der Waals surface area contributed by atoms with Gasteiger partial charge < -0.3 is 15.3 Å². The molecule has 2 rings (SSSR count). The first kappa shape index (κ1) is 11.7. The van der Waals surface area contributed by atoms with Crippen LogP contribution in [0.4, 0.5) is 4.79 Å². The number of piperidine rings is 1. The lowest BCUT2D eigenvalue weighted by molar-refractivity contribution is 0.139. The van der Waals surface area contributed by atoms with Crippen molar-refractivity contribution in [3.8, 4) is 0 Å². The molecule has 4 heteroatoms. The van der Waals surface area contributed by atoms with E-state index >= 15 is 0 Å². The Bertz CT molecular complexity index is 243. The molecule has 1 saturated heterocycles. The zero-order valence-corrected chi connectivity index (χ0v) is 9.87. The lowest BCUT2D eigenvalue weighted by Gasteiger charge is -2.33. The van der Waals surface area contributed by atoms with E-state index in [9.17, 15) is 9.90 Å². The molecule has 0 atom stereocenters. The van der Waals surface area contributed by atoms with Gasteiger partial charge in [0.15, 0.2) is 0 Å². The first-order chi connectivity index (χ1) is 7.76. The Balaban J connectivity index is 1.89. The smallest absolute Gasteiger partial charge is 0.317 e. The van der Waals surface area contributed by atoms with Crippen LogP contribution < -0.4 is 5.32 Å². The summed E-state index contributed by atoms with van der Waals surface area (Å²) >= 11 is 0. The average Bonchev–Trinajstić information content (AvgIpc) is 2.79. The molecule has 0 aromatic rings. The number of hydrogen-bond acceptors (Lipinski definition) is 2. The predicted octanol–water partition coefficient (Wildman–Crippen LogP) is 1.49. The number of nitrogens with zero attached hydrogens (tertiary/aromatic N) is 1. The average molecular weight is 226 g/mol. The van der Waals surface area contributed by atoms with E-state index in [2.05, 4.69) is 5.32 Å². The molecular weight excluding hydrogens is 204 g/mol. The number of likely N-dealkylation sites (tertiary alicyclic amines) is 1. The normalized spacial score (nSPS) is 24.4. The van der Waals surface area contributed by atoms with Crippen molar-refractivity contribution < 1.29 is 9.90 Å². The number of carbonyl (C=O) groups is 1. The highest BCUT2D eigenvalue weighted by atomic mass is 16.3. The largest absolute Gasteiger partial charge is 0.394 e. The fourth-order valence-electron chi connectivity index (χ4n) is 2.78. The van der Waals surface area contributed by atoms with Crippen LogP contribution in [0, 0.1) is 0 Å². The third-order valence-electron chi connectivity index (χ3n) is 3.88. The number of carbonyl (C=O) groups excluding carboxylic acids is 1. The zero-order chi connectivity index (χ0) is 11.4. The highest BCUT2D eigenvalue weighted by Gasteiger charge is 2.35. The van der Waals surface area contributed by atoms with Crippen molar-refractivity contribution in [1.29, 1.82) is 0 Å². The third kappa shape index (κ3) is 2.48. The van der Waals surface area contributed by atoms with E-state index in [-0.39, 0.29) is 18.2 Å². The Morgan fingerprint density at radius 2 is 1.75 bits per heavy atom. The second kappa shape index (κ2) is 5.04. The number of aliphatic hydroxyl groups excluding tert-OH is 1. The Hall–Kier alpha value is -0.770. The van der Waals surface area contributed by atoms with Crippen LogP contribution in [-0.2, 0) is 0 Å². The molecule has 0 spiro atoms. The van der Waals surface area contributed by atoms with E-state index in [1.807, 2.05) is 4.90 Å². The zero-order valence-electron chi connectivity index (χ0n) is 9.87. The number of urea groups is 1. The minimum Gasteiger partial charge on any atom is -0.394 e. The Morgan fingerprint density at radius 1 is 1.12 bits per heavy atom. The first-order valence-corrected chi connectivity index (χ1v) is 6.44. The van der Waals surface area contributed by atoms with E-state index < -0.39 is 0 Å². The van der Waals surface area contributed by atoms with Crippen LogP contribution in [-0.4, -0.2) is 41.3 Å². The van der Waals surface area contributed by atoms with Gasteiger partial charge in [-0.1, -0.05) is 12.8 Å². The summed E-state index contributed by atoms with van der Waals surface area (Å²) in [5, 5.41) is 12.5. The van der Waals surface area contributed by atoms with E-state index in [4.69, 9.17) is 0 Å². The number of amides is 2. The van der Waals surface area contributed by atoms with E-state index in [1.54, 1.807) is 0 Å². The van der Waals surface area contributed by atoms with Crippen molar-refractivity contribution in [3.05, 3.63) is 0 Å². The van der Waals surface area contributed by atoms with Gasteiger partial charge in [0.25, 0.3) is 0 Å².